The molecule has 3 unspecified atom stereocenters. The summed E-state index contributed by atoms with van der Waals surface area (Å²) < 4.78 is 29.8. The van der Waals surface area contributed by atoms with Crippen molar-refractivity contribution in [2.45, 2.75) is 90.7 Å². The fraction of sp³-hybridized carbons (Fsp3) is 0.708. The monoisotopic (exact) mass is 452 g/mol. The zero-order valence-electron chi connectivity index (χ0n) is 20.6. The quantitative estimate of drug-likeness (QED) is 0.410. The summed E-state index contributed by atoms with van der Waals surface area (Å²) in [6.07, 6.45) is -1.01. The van der Waals surface area contributed by atoms with Crippen LogP contribution in [0, 0.1) is 5.92 Å². The molecule has 0 saturated carbocycles. The SMILES string of the molecule is COc1ccc(COCC2O[C@@H](C)C(O[Si](C)(C)C(C)(C)C)C(C)[C@@H]2OC(C)=O)cc1. The van der Waals surface area contributed by atoms with E-state index < -0.39 is 14.4 Å². The third-order valence-electron chi connectivity index (χ3n) is 6.50. The number of rotatable bonds is 8. The molecule has 5 atom stereocenters. The van der Waals surface area contributed by atoms with E-state index in [1.54, 1.807) is 7.11 Å². The van der Waals surface area contributed by atoms with E-state index >= 15 is 0 Å². The third-order valence-corrected chi connectivity index (χ3v) is 11.0. The van der Waals surface area contributed by atoms with Crippen LogP contribution in [0.3, 0.4) is 0 Å². The van der Waals surface area contributed by atoms with Gasteiger partial charge in [-0.15, -0.1) is 0 Å². The van der Waals surface area contributed by atoms with Crippen molar-refractivity contribution >= 4 is 14.3 Å². The van der Waals surface area contributed by atoms with Gasteiger partial charge >= 0.3 is 5.97 Å². The molecule has 0 spiro atoms. The first-order valence-electron chi connectivity index (χ1n) is 11.1. The van der Waals surface area contributed by atoms with Crippen LogP contribution in [0.2, 0.25) is 18.1 Å². The summed E-state index contributed by atoms with van der Waals surface area (Å²) in [5.74, 6) is 0.488. The Hall–Kier alpha value is -1.41. The zero-order valence-corrected chi connectivity index (χ0v) is 21.6. The lowest BCUT2D eigenvalue weighted by Crippen LogP contribution is -2.59. The van der Waals surface area contributed by atoms with Crippen LogP contribution >= 0.6 is 0 Å². The molecule has 0 radical (unpaired) electrons. The average Bonchev–Trinajstić information content (AvgIpc) is 2.67. The van der Waals surface area contributed by atoms with Gasteiger partial charge in [0.2, 0.25) is 0 Å². The topological polar surface area (TPSA) is 63.2 Å². The maximum atomic E-state index is 11.8. The molecule has 176 valence electrons. The van der Waals surface area contributed by atoms with Crippen LogP contribution in [0.25, 0.3) is 0 Å². The minimum atomic E-state index is -2.01. The molecule has 0 N–H and O–H groups in total. The molecule has 0 amide bonds. The Morgan fingerprint density at radius 2 is 1.71 bits per heavy atom. The number of ether oxygens (including phenoxy) is 4. The van der Waals surface area contributed by atoms with Crippen LogP contribution in [-0.2, 0) is 30.0 Å². The summed E-state index contributed by atoms with van der Waals surface area (Å²) in [7, 11) is -0.362. The van der Waals surface area contributed by atoms with Gasteiger partial charge in [0.15, 0.2) is 8.32 Å². The molecule has 1 fully saturated rings. The molecule has 6 nitrogen and oxygen atoms in total. The van der Waals surface area contributed by atoms with Gasteiger partial charge in [-0.05, 0) is 42.8 Å². The lowest BCUT2D eigenvalue weighted by Gasteiger charge is -2.48. The fourth-order valence-corrected chi connectivity index (χ4v) is 5.07. The Bertz CT molecular complexity index is 712. The van der Waals surface area contributed by atoms with Gasteiger partial charge in [0.05, 0.1) is 32.5 Å². The van der Waals surface area contributed by atoms with E-state index in [2.05, 4.69) is 40.8 Å². The lowest BCUT2D eigenvalue weighted by atomic mass is 9.88. The average molecular weight is 453 g/mol. The number of hydrogen-bond acceptors (Lipinski definition) is 6. The molecule has 7 heteroatoms. The van der Waals surface area contributed by atoms with Gasteiger partial charge < -0.3 is 23.4 Å². The van der Waals surface area contributed by atoms with Crippen LogP contribution in [0.4, 0.5) is 0 Å². The standard InChI is InChI=1S/C24H40O6Si/c1-16-22(30-31(8,9)24(4,5)6)17(2)28-21(23(16)29-18(3)25)15-27-14-19-10-12-20(26-7)13-11-19/h10-13,16-17,21-23H,14-15H2,1-9H3/t16?,17-,21?,22?,23-/m0/s1. The van der Waals surface area contributed by atoms with Crippen molar-refractivity contribution in [1.82, 2.24) is 0 Å². The van der Waals surface area contributed by atoms with Crippen molar-refractivity contribution in [3.8, 4) is 5.75 Å². The van der Waals surface area contributed by atoms with E-state index in [0.717, 1.165) is 11.3 Å². The first-order valence-corrected chi connectivity index (χ1v) is 14.0. The summed E-state index contributed by atoms with van der Waals surface area (Å²) in [4.78, 5) is 11.8. The highest BCUT2D eigenvalue weighted by molar-refractivity contribution is 6.74. The van der Waals surface area contributed by atoms with E-state index in [1.165, 1.54) is 6.92 Å². The smallest absolute Gasteiger partial charge is 0.303 e. The van der Waals surface area contributed by atoms with Crippen LogP contribution in [0.5, 0.6) is 5.75 Å². The first-order chi connectivity index (χ1) is 14.4. The maximum absolute atomic E-state index is 11.8. The van der Waals surface area contributed by atoms with E-state index in [9.17, 15) is 4.79 Å². The van der Waals surface area contributed by atoms with Gasteiger partial charge in [-0.1, -0.05) is 39.8 Å². The summed E-state index contributed by atoms with van der Waals surface area (Å²) in [6, 6.07) is 7.76. The van der Waals surface area contributed by atoms with Gasteiger partial charge in [0.1, 0.15) is 18.0 Å². The van der Waals surface area contributed by atoms with Gasteiger partial charge in [-0.2, -0.15) is 0 Å². The number of benzene rings is 1. The summed E-state index contributed by atoms with van der Waals surface area (Å²) >= 11 is 0. The molecule has 1 heterocycles. The molecular weight excluding hydrogens is 412 g/mol. The van der Waals surface area contributed by atoms with E-state index in [-0.39, 0.29) is 35.2 Å². The maximum Gasteiger partial charge on any atom is 0.303 e. The number of carbonyl (C=O) groups excluding carboxylic acids is 1. The predicted molar refractivity (Wildman–Crippen MR) is 124 cm³/mol. The molecule has 1 aromatic carbocycles. The van der Waals surface area contributed by atoms with Crippen molar-refractivity contribution in [3.63, 3.8) is 0 Å². The van der Waals surface area contributed by atoms with Crippen LogP contribution in [0.15, 0.2) is 24.3 Å². The van der Waals surface area contributed by atoms with Gasteiger partial charge in [-0.25, -0.2) is 0 Å². The fourth-order valence-electron chi connectivity index (χ4n) is 3.63. The molecule has 31 heavy (non-hydrogen) atoms. The second kappa shape index (κ2) is 10.5. The molecule has 1 aliphatic heterocycles. The second-order valence-corrected chi connectivity index (χ2v) is 14.8. The second-order valence-electron chi connectivity index (χ2n) is 10.0. The van der Waals surface area contributed by atoms with Gasteiger partial charge in [0, 0.05) is 12.8 Å². The molecule has 0 bridgehead atoms. The first kappa shape index (κ1) is 25.8. The Morgan fingerprint density at radius 3 is 2.23 bits per heavy atom. The summed E-state index contributed by atoms with van der Waals surface area (Å²) in [6.45, 7) is 17.5. The molecular formula is C24H40O6Si. The molecule has 1 aromatic rings. The van der Waals surface area contributed by atoms with Crippen molar-refractivity contribution in [2.75, 3.05) is 13.7 Å². The number of methoxy groups -OCH3 is 1. The third kappa shape index (κ3) is 6.78. The highest BCUT2D eigenvalue weighted by Gasteiger charge is 2.48. The zero-order chi connectivity index (χ0) is 23.4. The highest BCUT2D eigenvalue weighted by atomic mass is 28.4. The minimum absolute atomic E-state index is 0.00337. The van der Waals surface area contributed by atoms with Crippen LogP contribution in [0.1, 0.15) is 47.1 Å². The van der Waals surface area contributed by atoms with Crippen LogP contribution in [-0.4, -0.2) is 52.4 Å². The molecule has 0 aliphatic carbocycles. The van der Waals surface area contributed by atoms with Gasteiger partial charge in [0.25, 0.3) is 0 Å². The van der Waals surface area contributed by atoms with E-state index in [4.69, 9.17) is 23.4 Å². The Balaban J connectivity index is 2.07. The van der Waals surface area contributed by atoms with Crippen LogP contribution < -0.4 is 4.74 Å². The predicted octanol–water partition coefficient (Wildman–Crippen LogP) is 4.96. The van der Waals surface area contributed by atoms with Crippen molar-refractivity contribution in [3.05, 3.63) is 29.8 Å². The molecule has 1 saturated heterocycles. The molecule has 1 aliphatic rings. The summed E-state index contributed by atoms with van der Waals surface area (Å²) in [5, 5.41) is 0.0850. The number of carbonyl (C=O) groups is 1. The Morgan fingerprint density at radius 1 is 1.10 bits per heavy atom. The molecule has 0 aromatic heterocycles. The van der Waals surface area contributed by atoms with Crippen molar-refractivity contribution < 1.29 is 28.2 Å². The lowest BCUT2D eigenvalue weighted by molar-refractivity contribution is -0.215. The Labute approximate surface area is 188 Å². The van der Waals surface area contributed by atoms with Crippen molar-refractivity contribution in [2.24, 2.45) is 5.92 Å². The van der Waals surface area contributed by atoms with E-state index in [0.29, 0.717) is 13.2 Å². The van der Waals surface area contributed by atoms with E-state index in [1.807, 2.05) is 31.2 Å². The molecule has 2 rings (SSSR count). The van der Waals surface area contributed by atoms with Gasteiger partial charge in [-0.3, -0.25) is 4.79 Å². The highest BCUT2D eigenvalue weighted by Crippen LogP contribution is 2.41. The number of hydrogen-bond donors (Lipinski definition) is 0. The Kier molecular flexibility index (Phi) is 8.73. The normalized spacial score (nSPS) is 27.1. The van der Waals surface area contributed by atoms with Crippen molar-refractivity contribution in [1.29, 1.82) is 0 Å². The minimum Gasteiger partial charge on any atom is -0.497 e. The number of esters is 1. The summed E-state index contributed by atoms with van der Waals surface area (Å²) in [5.41, 5.74) is 1.04. The largest absolute Gasteiger partial charge is 0.497 e.